The molecule has 6 nitrogen and oxygen atoms in total. The minimum Gasteiger partial charge on any atom is -0.492 e. The normalized spacial score (nSPS) is 10.9. The van der Waals surface area contributed by atoms with Crippen LogP contribution in [-0.4, -0.2) is 29.1 Å². The van der Waals surface area contributed by atoms with Gasteiger partial charge in [-0.3, -0.25) is 14.9 Å². The number of amides is 2. The summed E-state index contributed by atoms with van der Waals surface area (Å²) in [7, 11) is 0. The van der Waals surface area contributed by atoms with E-state index in [2.05, 4.69) is 44.0 Å². The monoisotopic (exact) mass is 553 g/mol. The molecule has 0 aromatic heterocycles. The first-order valence-corrected chi connectivity index (χ1v) is 12.3. The number of benzene rings is 3. The molecule has 0 spiro atoms. The van der Waals surface area contributed by atoms with Crippen molar-refractivity contribution in [1.29, 1.82) is 0 Å². The molecule has 0 aliphatic carbocycles. The van der Waals surface area contributed by atoms with Gasteiger partial charge >= 0.3 is 0 Å². The summed E-state index contributed by atoms with van der Waals surface area (Å²) >= 11 is 8.74. The van der Waals surface area contributed by atoms with Gasteiger partial charge in [0.15, 0.2) is 5.11 Å². The maximum atomic E-state index is 12.6. The molecule has 0 aliphatic rings. The second-order valence-electron chi connectivity index (χ2n) is 8.92. The third-order valence-corrected chi connectivity index (χ3v) is 5.63. The molecule has 0 saturated carbocycles. The van der Waals surface area contributed by atoms with Gasteiger partial charge in [0.25, 0.3) is 11.8 Å². The van der Waals surface area contributed by atoms with Crippen LogP contribution in [-0.2, 0) is 6.42 Å². The van der Waals surface area contributed by atoms with E-state index in [9.17, 15) is 9.59 Å². The summed E-state index contributed by atoms with van der Waals surface area (Å²) in [5.74, 6) is 0.159. The van der Waals surface area contributed by atoms with Gasteiger partial charge in [0.2, 0.25) is 0 Å². The molecule has 0 fully saturated rings. The van der Waals surface area contributed by atoms with E-state index in [1.165, 1.54) is 5.56 Å². The van der Waals surface area contributed by atoms with Crippen molar-refractivity contribution < 1.29 is 14.3 Å². The van der Waals surface area contributed by atoms with Gasteiger partial charge in [0.1, 0.15) is 5.75 Å². The summed E-state index contributed by atoms with van der Waals surface area (Å²) in [5, 5.41) is 8.69. The molecule has 0 saturated heterocycles. The number of hydrogen-bond donors (Lipinski definition) is 3. The smallest absolute Gasteiger partial charge is 0.257 e. The van der Waals surface area contributed by atoms with Crippen LogP contribution in [0.2, 0.25) is 0 Å². The molecule has 8 heteroatoms. The van der Waals surface area contributed by atoms with Crippen LogP contribution in [0.1, 0.15) is 47.1 Å². The first kappa shape index (κ1) is 26.4. The van der Waals surface area contributed by atoms with E-state index in [1.807, 2.05) is 39.0 Å². The van der Waals surface area contributed by atoms with Gasteiger partial charge in [0, 0.05) is 28.8 Å². The van der Waals surface area contributed by atoms with Crippen LogP contribution in [0.4, 0.5) is 5.69 Å². The van der Waals surface area contributed by atoms with E-state index in [0.717, 1.165) is 6.42 Å². The average Bonchev–Trinajstić information content (AvgIpc) is 2.80. The lowest BCUT2D eigenvalue weighted by molar-refractivity contribution is 0.0918. The quantitative estimate of drug-likeness (QED) is 0.326. The summed E-state index contributed by atoms with van der Waals surface area (Å²) in [6, 6.07) is 22.1. The third-order valence-electron chi connectivity index (χ3n) is 4.81. The lowest BCUT2D eigenvalue weighted by Crippen LogP contribution is -2.40. The Morgan fingerprint density at radius 3 is 2.20 bits per heavy atom. The van der Waals surface area contributed by atoms with Crippen molar-refractivity contribution in [3.63, 3.8) is 0 Å². The molecular weight excluding hydrogens is 526 g/mol. The van der Waals surface area contributed by atoms with Gasteiger partial charge in [-0.15, -0.1) is 0 Å². The highest BCUT2D eigenvalue weighted by atomic mass is 79.9. The first-order valence-electron chi connectivity index (χ1n) is 11.1. The Morgan fingerprint density at radius 1 is 0.914 bits per heavy atom. The van der Waals surface area contributed by atoms with Crippen LogP contribution in [0.25, 0.3) is 0 Å². The van der Waals surface area contributed by atoms with Crippen molar-refractivity contribution in [2.45, 2.75) is 32.7 Å². The van der Waals surface area contributed by atoms with Gasteiger partial charge in [0.05, 0.1) is 11.1 Å². The van der Waals surface area contributed by atoms with Crippen molar-refractivity contribution in [3.05, 3.63) is 94.0 Å². The number of rotatable bonds is 7. The molecule has 2 amide bonds. The molecule has 3 N–H and O–H groups in total. The second-order valence-corrected chi connectivity index (χ2v) is 10.2. The minimum atomic E-state index is -0.347. The van der Waals surface area contributed by atoms with Crippen LogP contribution in [0.3, 0.4) is 0 Å². The van der Waals surface area contributed by atoms with Crippen molar-refractivity contribution >= 4 is 50.8 Å². The lowest BCUT2D eigenvalue weighted by atomic mass is 10.1. The van der Waals surface area contributed by atoms with Crippen molar-refractivity contribution in [2.75, 3.05) is 11.9 Å². The molecule has 0 radical (unpaired) electrons. The molecule has 0 heterocycles. The molecule has 0 atom stereocenters. The van der Waals surface area contributed by atoms with Crippen molar-refractivity contribution in [1.82, 2.24) is 10.6 Å². The zero-order valence-electron chi connectivity index (χ0n) is 19.9. The van der Waals surface area contributed by atoms with E-state index >= 15 is 0 Å². The Hall–Kier alpha value is -3.23. The Balaban J connectivity index is 1.51. The van der Waals surface area contributed by atoms with Crippen LogP contribution in [0.15, 0.2) is 77.3 Å². The fourth-order valence-electron chi connectivity index (χ4n) is 3.14. The SMILES string of the molecule is CC(C)(C)NC(=O)c1ccc(NC(=S)NC(=O)c2ccc(OCCc3ccccc3)c(Br)c2)cc1. The summed E-state index contributed by atoms with van der Waals surface area (Å²) in [6.07, 6.45) is 0.789. The van der Waals surface area contributed by atoms with Gasteiger partial charge in [-0.05, 0) is 96.9 Å². The number of carbonyl (C=O) groups is 2. The molecule has 3 rings (SSSR count). The predicted molar refractivity (Wildman–Crippen MR) is 147 cm³/mol. The predicted octanol–water partition coefficient (Wildman–Crippen LogP) is 5.73. The highest BCUT2D eigenvalue weighted by molar-refractivity contribution is 9.10. The van der Waals surface area contributed by atoms with Gasteiger partial charge in [-0.1, -0.05) is 30.3 Å². The molecule has 0 bridgehead atoms. The summed E-state index contributed by atoms with van der Waals surface area (Å²) in [4.78, 5) is 24.9. The number of hydrogen-bond acceptors (Lipinski definition) is 4. The second kappa shape index (κ2) is 12.0. The molecule has 182 valence electrons. The Labute approximate surface area is 219 Å². The van der Waals surface area contributed by atoms with E-state index in [0.29, 0.717) is 33.6 Å². The number of anilines is 1. The highest BCUT2D eigenvalue weighted by Crippen LogP contribution is 2.26. The Bertz CT molecular complexity index is 1190. The van der Waals surface area contributed by atoms with E-state index < -0.39 is 0 Å². The number of carbonyl (C=O) groups excluding carboxylic acids is 2. The summed E-state index contributed by atoms with van der Waals surface area (Å²) < 4.78 is 6.53. The first-order chi connectivity index (χ1) is 16.6. The van der Waals surface area contributed by atoms with Gasteiger partial charge in [-0.2, -0.15) is 0 Å². The Kier molecular flexibility index (Phi) is 9.01. The summed E-state index contributed by atoms with van der Waals surface area (Å²) in [6.45, 7) is 6.30. The number of halogens is 1. The largest absolute Gasteiger partial charge is 0.492 e. The zero-order valence-corrected chi connectivity index (χ0v) is 22.3. The molecule has 35 heavy (non-hydrogen) atoms. The maximum absolute atomic E-state index is 12.6. The van der Waals surface area contributed by atoms with E-state index in [1.54, 1.807) is 42.5 Å². The number of ether oxygens (including phenoxy) is 1. The van der Waals surface area contributed by atoms with Crippen LogP contribution < -0.4 is 20.7 Å². The molecule has 0 aliphatic heterocycles. The minimum absolute atomic E-state index is 0.154. The number of thiocarbonyl (C=S) groups is 1. The fourth-order valence-corrected chi connectivity index (χ4v) is 3.84. The standard InChI is InChI=1S/C27H28BrN3O3S/c1-27(2,3)31-25(33)19-9-12-21(13-10-19)29-26(35)30-24(32)20-11-14-23(22(28)17-20)34-16-15-18-7-5-4-6-8-18/h4-14,17H,15-16H2,1-3H3,(H,31,33)(H2,29,30,32,35). The van der Waals surface area contributed by atoms with E-state index in [-0.39, 0.29) is 22.5 Å². The van der Waals surface area contributed by atoms with Crippen LogP contribution >= 0.6 is 28.1 Å². The zero-order chi connectivity index (χ0) is 25.4. The highest BCUT2D eigenvalue weighted by Gasteiger charge is 2.15. The fraction of sp³-hybridized carbons (Fsp3) is 0.222. The Morgan fingerprint density at radius 2 is 1.57 bits per heavy atom. The van der Waals surface area contributed by atoms with E-state index in [4.69, 9.17) is 17.0 Å². The van der Waals surface area contributed by atoms with Crippen LogP contribution in [0.5, 0.6) is 5.75 Å². The molecular formula is C27H28BrN3O3S. The average molecular weight is 555 g/mol. The third kappa shape index (κ3) is 8.49. The maximum Gasteiger partial charge on any atom is 0.257 e. The van der Waals surface area contributed by atoms with Gasteiger partial charge in [-0.25, -0.2) is 0 Å². The molecule has 3 aromatic rings. The molecule has 3 aromatic carbocycles. The van der Waals surface area contributed by atoms with Crippen molar-refractivity contribution in [3.8, 4) is 5.75 Å². The molecule has 0 unspecified atom stereocenters. The van der Waals surface area contributed by atoms with Crippen molar-refractivity contribution in [2.24, 2.45) is 0 Å². The van der Waals surface area contributed by atoms with Crippen LogP contribution in [0, 0.1) is 0 Å². The number of nitrogens with one attached hydrogen (secondary N) is 3. The van der Waals surface area contributed by atoms with Gasteiger partial charge < -0.3 is 15.4 Å². The lowest BCUT2D eigenvalue weighted by Gasteiger charge is -2.20. The summed E-state index contributed by atoms with van der Waals surface area (Å²) in [5.41, 5.74) is 2.51. The topological polar surface area (TPSA) is 79.5 Å².